The molecule has 0 saturated carbocycles. The summed E-state index contributed by atoms with van der Waals surface area (Å²) in [7, 11) is 0. The van der Waals surface area contributed by atoms with Gasteiger partial charge in [-0.1, -0.05) is 19.9 Å². The lowest BCUT2D eigenvalue weighted by Gasteiger charge is -2.05. The van der Waals surface area contributed by atoms with Crippen molar-refractivity contribution in [2.75, 3.05) is 0 Å². The van der Waals surface area contributed by atoms with Crippen LogP contribution in [0.15, 0.2) is 30.3 Å². The molecule has 0 spiro atoms. The van der Waals surface area contributed by atoms with E-state index in [1.165, 1.54) is 5.69 Å². The highest BCUT2D eigenvalue weighted by atomic mass is 15.3. The van der Waals surface area contributed by atoms with E-state index < -0.39 is 0 Å². The van der Waals surface area contributed by atoms with Crippen LogP contribution < -0.4 is 0 Å². The second-order valence-corrected chi connectivity index (χ2v) is 3.91. The van der Waals surface area contributed by atoms with E-state index in [4.69, 9.17) is 5.26 Å². The highest BCUT2D eigenvalue weighted by Crippen LogP contribution is 2.15. The maximum absolute atomic E-state index is 8.91. The highest BCUT2D eigenvalue weighted by molar-refractivity contribution is 5.42. The number of nitrogens with zero attached hydrogens (tertiary/aromatic N) is 3. The maximum atomic E-state index is 8.91. The predicted octanol–water partition coefficient (Wildman–Crippen LogP) is 2.87. The van der Waals surface area contributed by atoms with Crippen LogP contribution in [0, 0.1) is 11.3 Å². The molecule has 0 unspecified atom stereocenters. The van der Waals surface area contributed by atoms with Gasteiger partial charge in [0.25, 0.3) is 0 Å². The van der Waals surface area contributed by atoms with Crippen molar-refractivity contribution < 1.29 is 0 Å². The summed E-state index contributed by atoms with van der Waals surface area (Å²) in [6.45, 7) is 4.21. The molecular weight excluding hydrogens is 210 g/mol. The van der Waals surface area contributed by atoms with E-state index in [0.717, 1.165) is 24.2 Å². The Bertz CT molecular complexity index is 561. The number of nitriles is 1. The SMILES string of the molecule is CCc1cc(CC)n(-c2cccc(C#N)c2)n1. The Balaban J connectivity index is 2.51. The third-order valence-corrected chi connectivity index (χ3v) is 2.78. The first kappa shape index (κ1) is 11.4. The smallest absolute Gasteiger partial charge is 0.0992 e. The van der Waals surface area contributed by atoms with Crippen LogP contribution >= 0.6 is 0 Å². The zero-order valence-electron chi connectivity index (χ0n) is 10.1. The van der Waals surface area contributed by atoms with Crippen LogP contribution in [0.4, 0.5) is 0 Å². The lowest BCUT2D eigenvalue weighted by molar-refractivity contribution is 0.794. The first-order valence-electron chi connectivity index (χ1n) is 5.86. The van der Waals surface area contributed by atoms with Crippen molar-refractivity contribution in [3.05, 3.63) is 47.3 Å². The Morgan fingerprint density at radius 1 is 1.24 bits per heavy atom. The Hall–Kier alpha value is -2.08. The quantitative estimate of drug-likeness (QED) is 0.806. The van der Waals surface area contributed by atoms with Crippen LogP contribution in [0.2, 0.25) is 0 Å². The fourth-order valence-corrected chi connectivity index (χ4v) is 1.83. The van der Waals surface area contributed by atoms with Gasteiger partial charge in [0.2, 0.25) is 0 Å². The Morgan fingerprint density at radius 2 is 2.06 bits per heavy atom. The lowest BCUT2D eigenvalue weighted by Crippen LogP contribution is -2.01. The zero-order valence-corrected chi connectivity index (χ0v) is 10.1. The number of hydrogen-bond acceptors (Lipinski definition) is 2. The minimum absolute atomic E-state index is 0.665. The average molecular weight is 225 g/mol. The van der Waals surface area contributed by atoms with E-state index in [0.29, 0.717) is 5.56 Å². The third kappa shape index (κ3) is 2.21. The van der Waals surface area contributed by atoms with Crippen LogP contribution in [0.5, 0.6) is 0 Å². The highest BCUT2D eigenvalue weighted by Gasteiger charge is 2.07. The standard InChI is InChI=1S/C14H15N3/c1-3-12-9-13(4-2)17(16-12)14-7-5-6-11(8-14)10-15/h5-9H,3-4H2,1-2H3. The second-order valence-electron chi connectivity index (χ2n) is 3.91. The molecule has 0 N–H and O–H groups in total. The van der Waals surface area contributed by atoms with E-state index >= 15 is 0 Å². The van der Waals surface area contributed by atoms with Gasteiger partial charge in [-0.15, -0.1) is 0 Å². The van der Waals surface area contributed by atoms with E-state index in [2.05, 4.69) is 31.1 Å². The minimum Gasteiger partial charge on any atom is -0.238 e. The summed E-state index contributed by atoms with van der Waals surface area (Å²) in [6.07, 6.45) is 1.86. The summed E-state index contributed by atoms with van der Waals surface area (Å²) in [5, 5.41) is 13.5. The molecule has 2 aromatic rings. The molecular formula is C14H15N3. The molecule has 0 aliphatic heterocycles. The van der Waals surface area contributed by atoms with E-state index in [1.54, 1.807) is 6.07 Å². The van der Waals surface area contributed by atoms with Crippen LogP contribution in [-0.4, -0.2) is 9.78 Å². The molecule has 2 rings (SSSR count). The molecule has 3 nitrogen and oxygen atoms in total. The van der Waals surface area contributed by atoms with Gasteiger partial charge in [-0.2, -0.15) is 10.4 Å². The molecule has 17 heavy (non-hydrogen) atoms. The molecule has 0 radical (unpaired) electrons. The number of aryl methyl sites for hydroxylation is 2. The van der Waals surface area contributed by atoms with Crippen molar-refractivity contribution in [3.8, 4) is 11.8 Å². The summed E-state index contributed by atoms with van der Waals surface area (Å²) in [6, 6.07) is 11.8. The summed E-state index contributed by atoms with van der Waals surface area (Å²) in [4.78, 5) is 0. The summed E-state index contributed by atoms with van der Waals surface area (Å²) >= 11 is 0. The largest absolute Gasteiger partial charge is 0.238 e. The molecule has 0 amide bonds. The van der Waals surface area contributed by atoms with Crippen molar-refractivity contribution in [2.45, 2.75) is 26.7 Å². The number of hydrogen-bond donors (Lipinski definition) is 0. The van der Waals surface area contributed by atoms with Gasteiger partial charge in [-0.3, -0.25) is 0 Å². The third-order valence-electron chi connectivity index (χ3n) is 2.78. The number of aromatic nitrogens is 2. The molecule has 3 heteroatoms. The Labute approximate surface area is 101 Å². The molecule has 1 aromatic carbocycles. The van der Waals surface area contributed by atoms with Gasteiger partial charge in [0.1, 0.15) is 0 Å². The van der Waals surface area contributed by atoms with Gasteiger partial charge in [-0.05, 0) is 37.1 Å². The minimum atomic E-state index is 0.665. The van der Waals surface area contributed by atoms with E-state index in [9.17, 15) is 0 Å². The second kappa shape index (κ2) is 4.84. The summed E-state index contributed by atoms with van der Waals surface area (Å²) in [5.74, 6) is 0. The van der Waals surface area contributed by atoms with Crippen LogP contribution in [-0.2, 0) is 12.8 Å². The van der Waals surface area contributed by atoms with E-state index in [1.807, 2.05) is 22.9 Å². The molecule has 1 aromatic heterocycles. The normalized spacial score (nSPS) is 10.2. The first-order valence-corrected chi connectivity index (χ1v) is 5.86. The van der Waals surface area contributed by atoms with Crippen molar-refractivity contribution in [2.24, 2.45) is 0 Å². The van der Waals surface area contributed by atoms with Gasteiger partial charge >= 0.3 is 0 Å². The molecule has 1 heterocycles. The van der Waals surface area contributed by atoms with Gasteiger partial charge in [-0.25, -0.2) is 4.68 Å². The Morgan fingerprint density at radius 3 is 2.71 bits per heavy atom. The van der Waals surface area contributed by atoms with Gasteiger partial charge in [0.15, 0.2) is 0 Å². The van der Waals surface area contributed by atoms with Crippen molar-refractivity contribution in [1.29, 1.82) is 5.26 Å². The first-order chi connectivity index (χ1) is 8.28. The average Bonchev–Trinajstić information content (AvgIpc) is 2.82. The van der Waals surface area contributed by atoms with Crippen LogP contribution in [0.25, 0.3) is 5.69 Å². The van der Waals surface area contributed by atoms with Crippen LogP contribution in [0.1, 0.15) is 30.8 Å². The molecule has 0 fully saturated rings. The monoisotopic (exact) mass is 225 g/mol. The van der Waals surface area contributed by atoms with Crippen molar-refractivity contribution >= 4 is 0 Å². The maximum Gasteiger partial charge on any atom is 0.0992 e. The number of benzene rings is 1. The summed E-state index contributed by atoms with van der Waals surface area (Å²) < 4.78 is 1.93. The fraction of sp³-hybridized carbons (Fsp3) is 0.286. The van der Waals surface area contributed by atoms with Crippen LogP contribution in [0.3, 0.4) is 0 Å². The molecule has 0 aliphatic rings. The molecule has 0 aliphatic carbocycles. The molecule has 86 valence electrons. The topological polar surface area (TPSA) is 41.6 Å². The molecule has 0 bridgehead atoms. The zero-order chi connectivity index (χ0) is 12.3. The fourth-order valence-electron chi connectivity index (χ4n) is 1.83. The van der Waals surface area contributed by atoms with Gasteiger partial charge in [0.05, 0.1) is 23.0 Å². The summed E-state index contributed by atoms with van der Waals surface area (Å²) in [5.41, 5.74) is 3.89. The Kier molecular flexibility index (Phi) is 3.24. The van der Waals surface area contributed by atoms with E-state index in [-0.39, 0.29) is 0 Å². The van der Waals surface area contributed by atoms with Gasteiger partial charge < -0.3 is 0 Å². The molecule has 0 atom stereocenters. The lowest BCUT2D eigenvalue weighted by atomic mass is 10.2. The van der Waals surface area contributed by atoms with Crippen molar-refractivity contribution in [1.82, 2.24) is 9.78 Å². The number of rotatable bonds is 3. The van der Waals surface area contributed by atoms with Gasteiger partial charge in [0, 0.05) is 5.69 Å². The van der Waals surface area contributed by atoms with Crippen molar-refractivity contribution in [3.63, 3.8) is 0 Å². The predicted molar refractivity (Wildman–Crippen MR) is 67.0 cm³/mol. The molecule has 0 saturated heterocycles.